The smallest absolute Gasteiger partial charge is 0.246 e. The molecule has 0 radical (unpaired) electrons. The quantitative estimate of drug-likeness (QED) is 0.147. The van der Waals surface area contributed by atoms with Gasteiger partial charge in [-0.1, -0.05) is 86.7 Å². The molecule has 2 aromatic heterocycles. The number of H-pyrrole nitrogens is 1. The van der Waals surface area contributed by atoms with Gasteiger partial charge in [0.2, 0.25) is 11.8 Å². The van der Waals surface area contributed by atoms with Crippen molar-refractivity contribution in [3.63, 3.8) is 0 Å². The van der Waals surface area contributed by atoms with E-state index in [2.05, 4.69) is 34.1 Å². The van der Waals surface area contributed by atoms with E-state index in [9.17, 15) is 14.4 Å². The lowest BCUT2D eigenvalue weighted by atomic mass is 9.84. The van der Waals surface area contributed by atoms with Crippen LogP contribution < -0.4 is 5.32 Å². The minimum Gasteiger partial charge on any atom is -0.354 e. The van der Waals surface area contributed by atoms with Crippen LogP contribution in [0.25, 0.3) is 0 Å². The monoisotopic (exact) mass is 594 g/mol. The van der Waals surface area contributed by atoms with E-state index < -0.39 is 6.04 Å². The molecule has 2 heterocycles. The maximum absolute atomic E-state index is 14.1. The van der Waals surface area contributed by atoms with Crippen LogP contribution in [0.15, 0.2) is 97.9 Å². The molecule has 4 aromatic rings. The lowest BCUT2D eigenvalue weighted by molar-refractivity contribution is -0.138. The zero-order valence-corrected chi connectivity index (χ0v) is 25.7. The van der Waals surface area contributed by atoms with E-state index in [1.807, 2.05) is 85.9 Å². The molecule has 9 nitrogen and oxygen atoms in total. The molecule has 0 saturated heterocycles. The third kappa shape index (κ3) is 9.10. The Morgan fingerprint density at radius 3 is 2.43 bits per heavy atom. The summed E-state index contributed by atoms with van der Waals surface area (Å²) in [7, 11) is 0. The molecule has 44 heavy (non-hydrogen) atoms. The van der Waals surface area contributed by atoms with Crippen LogP contribution in [0.4, 0.5) is 0 Å². The van der Waals surface area contributed by atoms with E-state index in [1.54, 1.807) is 28.3 Å². The summed E-state index contributed by atoms with van der Waals surface area (Å²) in [4.78, 5) is 52.6. The van der Waals surface area contributed by atoms with Crippen LogP contribution in [0, 0.1) is 5.92 Å². The van der Waals surface area contributed by atoms with Crippen LogP contribution in [0.2, 0.25) is 0 Å². The molecule has 2 unspecified atom stereocenters. The van der Waals surface area contributed by atoms with Gasteiger partial charge in [0, 0.05) is 55.4 Å². The van der Waals surface area contributed by atoms with Gasteiger partial charge in [-0.15, -0.1) is 0 Å². The first-order valence-corrected chi connectivity index (χ1v) is 15.0. The minimum atomic E-state index is -0.667. The van der Waals surface area contributed by atoms with E-state index in [0.29, 0.717) is 25.8 Å². The van der Waals surface area contributed by atoms with E-state index >= 15 is 0 Å². The molecule has 0 fully saturated rings. The molecule has 2 amide bonds. The average Bonchev–Trinajstić information content (AvgIpc) is 3.73. The number of carbonyl (C=O) groups is 3. The van der Waals surface area contributed by atoms with E-state index in [4.69, 9.17) is 0 Å². The van der Waals surface area contributed by atoms with Crippen molar-refractivity contribution in [2.24, 2.45) is 5.92 Å². The number of imidazole rings is 2. The van der Waals surface area contributed by atoms with Gasteiger partial charge in [-0.05, 0) is 24.5 Å². The topological polar surface area (TPSA) is 113 Å². The molecule has 2 N–H and O–H groups in total. The molecule has 9 heteroatoms. The number of allylic oxidation sites excluding steroid dienone is 1. The van der Waals surface area contributed by atoms with Gasteiger partial charge in [0.15, 0.2) is 0 Å². The highest BCUT2D eigenvalue weighted by Crippen LogP contribution is 2.22. The molecule has 230 valence electrons. The van der Waals surface area contributed by atoms with Gasteiger partial charge < -0.3 is 24.6 Å². The Morgan fingerprint density at radius 1 is 1.05 bits per heavy atom. The second-order valence-electron chi connectivity index (χ2n) is 11.7. The number of hydrogen-bond acceptors (Lipinski definition) is 5. The van der Waals surface area contributed by atoms with Crippen molar-refractivity contribution in [1.29, 1.82) is 0 Å². The van der Waals surface area contributed by atoms with Crippen LogP contribution in [-0.2, 0) is 39.1 Å². The van der Waals surface area contributed by atoms with Gasteiger partial charge >= 0.3 is 0 Å². The van der Waals surface area contributed by atoms with E-state index in [-0.39, 0.29) is 36.2 Å². The Bertz CT molecular complexity index is 1500. The lowest BCUT2D eigenvalue weighted by Gasteiger charge is -2.29. The zero-order chi connectivity index (χ0) is 31.4. The molecule has 0 spiro atoms. The minimum absolute atomic E-state index is 0.0840. The number of carbonyl (C=O) groups excluding carboxylic acids is 3. The highest BCUT2D eigenvalue weighted by Gasteiger charge is 2.29. The Balaban J connectivity index is 1.49. The molecule has 0 aliphatic rings. The summed E-state index contributed by atoms with van der Waals surface area (Å²) >= 11 is 0. The average molecular weight is 595 g/mol. The Kier molecular flexibility index (Phi) is 11.4. The van der Waals surface area contributed by atoms with Crippen LogP contribution >= 0.6 is 0 Å². The Labute approximate surface area is 259 Å². The predicted molar refractivity (Wildman–Crippen MR) is 171 cm³/mol. The number of amides is 2. The SMILES string of the molecule is CC=CCN(CC(=O)NCC(C)(C)c1ccccc1)C(=O)C(Cc1cnc[nH]1)n1cnc(CC(C=O)Cc2ccccc2)c1. The lowest BCUT2D eigenvalue weighted by Crippen LogP contribution is -2.46. The van der Waals surface area contributed by atoms with Gasteiger partial charge in [0.05, 0.1) is 24.9 Å². The van der Waals surface area contributed by atoms with Crippen molar-refractivity contribution in [2.75, 3.05) is 19.6 Å². The van der Waals surface area contributed by atoms with Crippen molar-refractivity contribution in [2.45, 2.75) is 51.5 Å². The highest BCUT2D eigenvalue weighted by molar-refractivity contribution is 5.87. The third-order valence-electron chi connectivity index (χ3n) is 7.76. The fourth-order valence-electron chi connectivity index (χ4n) is 5.15. The summed E-state index contributed by atoms with van der Waals surface area (Å²) in [5.74, 6) is -0.680. The van der Waals surface area contributed by atoms with Crippen LogP contribution in [-0.4, -0.2) is 62.2 Å². The summed E-state index contributed by atoms with van der Waals surface area (Å²) in [6.07, 6.45) is 12.8. The van der Waals surface area contributed by atoms with Gasteiger partial charge in [-0.3, -0.25) is 9.59 Å². The number of hydrogen-bond donors (Lipinski definition) is 2. The zero-order valence-electron chi connectivity index (χ0n) is 25.7. The van der Waals surface area contributed by atoms with Gasteiger partial charge in [0.25, 0.3) is 0 Å². The molecular weight excluding hydrogens is 552 g/mol. The van der Waals surface area contributed by atoms with Crippen molar-refractivity contribution in [3.8, 4) is 0 Å². The third-order valence-corrected chi connectivity index (χ3v) is 7.76. The number of nitrogens with one attached hydrogen (secondary N) is 2. The second kappa shape index (κ2) is 15.6. The fraction of sp³-hybridized carbons (Fsp3) is 0.343. The largest absolute Gasteiger partial charge is 0.354 e. The first-order valence-electron chi connectivity index (χ1n) is 15.0. The summed E-state index contributed by atoms with van der Waals surface area (Å²) in [6, 6.07) is 19.3. The summed E-state index contributed by atoms with van der Waals surface area (Å²) in [6.45, 7) is 6.68. The first kappa shape index (κ1) is 32.1. The number of nitrogens with zero attached hydrogens (tertiary/aromatic N) is 4. The van der Waals surface area contributed by atoms with E-state index in [1.165, 1.54) is 0 Å². The molecule has 4 rings (SSSR count). The van der Waals surface area contributed by atoms with Crippen molar-refractivity contribution in [3.05, 3.63) is 120 Å². The number of rotatable bonds is 16. The molecule has 2 aromatic carbocycles. The molecule has 0 aliphatic carbocycles. The van der Waals surface area contributed by atoms with Crippen molar-refractivity contribution < 1.29 is 14.4 Å². The number of aromatic amines is 1. The summed E-state index contributed by atoms with van der Waals surface area (Å²) < 4.78 is 1.78. The van der Waals surface area contributed by atoms with Gasteiger partial charge in [-0.2, -0.15) is 0 Å². The van der Waals surface area contributed by atoms with Crippen molar-refractivity contribution >= 4 is 18.1 Å². The van der Waals surface area contributed by atoms with Gasteiger partial charge in [0.1, 0.15) is 12.3 Å². The standard InChI is InChI=1S/C35H42N6O3/c1-4-5-16-40(22-33(43)37-24-35(2,3)29-14-10-7-11-15-29)34(44)32(19-30-20-36-25-38-30)41-21-31(39-26-41)18-28(23-42)17-27-12-8-6-9-13-27/h4-15,20-21,23,25-26,28,32H,16-19,22,24H2,1-3H3,(H,36,38)(H,37,43). The molecule has 0 saturated carbocycles. The predicted octanol–water partition coefficient (Wildman–Crippen LogP) is 4.49. The second-order valence-corrected chi connectivity index (χ2v) is 11.7. The van der Waals surface area contributed by atoms with Crippen LogP contribution in [0.5, 0.6) is 0 Å². The number of benzene rings is 2. The molecule has 0 aliphatic heterocycles. The van der Waals surface area contributed by atoms with Crippen LogP contribution in [0.3, 0.4) is 0 Å². The van der Waals surface area contributed by atoms with Crippen molar-refractivity contribution in [1.82, 2.24) is 29.7 Å². The van der Waals surface area contributed by atoms with E-state index in [0.717, 1.165) is 28.8 Å². The highest BCUT2D eigenvalue weighted by atomic mass is 16.2. The van der Waals surface area contributed by atoms with Crippen LogP contribution in [0.1, 0.15) is 49.3 Å². The van der Waals surface area contributed by atoms with Gasteiger partial charge in [-0.25, -0.2) is 9.97 Å². The first-order chi connectivity index (χ1) is 21.3. The summed E-state index contributed by atoms with van der Waals surface area (Å²) in [5, 5.41) is 3.03. The molecule has 0 bridgehead atoms. The maximum atomic E-state index is 14.1. The number of aromatic nitrogens is 4. The Morgan fingerprint density at radius 2 is 1.77 bits per heavy atom. The normalized spacial score (nSPS) is 13.0. The maximum Gasteiger partial charge on any atom is 0.246 e. The molecular formula is C35H42N6O3. The Hall–Kier alpha value is -4.79. The number of aldehydes is 1. The fourth-order valence-corrected chi connectivity index (χ4v) is 5.15. The summed E-state index contributed by atoms with van der Waals surface area (Å²) in [5.41, 5.74) is 3.44. The molecule has 2 atom stereocenters.